The minimum Gasteiger partial charge on any atom is -0.425 e. The van der Waals surface area contributed by atoms with E-state index >= 15 is 0 Å². The molecule has 0 aliphatic rings. The highest BCUT2D eigenvalue weighted by Gasteiger charge is 2.05. The van der Waals surface area contributed by atoms with E-state index in [4.69, 9.17) is 10.5 Å². The zero-order chi connectivity index (χ0) is 11.5. The summed E-state index contributed by atoms with van der Waals surface area (Å²) in [6, 6.07) is 6.53. The summed E-state index contributed by atoms with van der Waals surface area (Å²) in [5.74, 6) is 0.803. The molecular weight excluding hydrogens is 202 g/mol. The Morgan fingerprint density at radius 2 is 2.25 bits per heavy atom. The molecule has 1 aromatic carbocycles. The summed E-state index contributed by atoms with van der Waals surface area (Å²) in [5.41, 5.74) is 7.72. The highest BCUT2D eigenvalue weighted by atomic mass is 16.5. The number of benzene rings is 1. The van der Waals surface area contributed by atoms with Gasteiger partial charge in [-0.3, -0.25) is 0 Å². The van der Waals surface area contributed by atoms with Crippen LogP contribution in [0.15, 0.2) is 30.6 Å². The molecular formula is C12H15N3O. The predicted octanol–water partition coefficient (Wildman–Crippen LogP) is 1.98. The van der Waals surface area contributed by atoms with E-state index in [1.807, 2.05) is 42.9 Å². The lowest BCUT2D eigenvalue weighted by Gasteiger charge is -2.09. The normalized spacial score (nSPS) is 10.4. The van der Waals surface area contributed by atoms with Gasteiger partial charge < -0.3 is 15.0 Å². The minimum atomic E-state index is 0.511. The first-order valence-corrected chi connectivity index (χ1v) is 5.15. The fraction of sp³-hybridized carbons (Fsp3) is 0.250. The predicted molar refractivity (Wildman–Crippen MR) is 62.4 cm³/mol. The van der Waals surface area contributed by atoms with Gasteiger partial charge >= 0.3 is 6.01 Å². The van der Waals surface area contributed by atoms with Crippen molar-refractivity contribution in [2.45, 2.75) is 13.5 Å². The molecule has 2 N–H and O–H groups in total. The van der Waals surface area contributed by atoms with Crippen molar-refractivity contribution in [2.75, 3.05) is 0 Å². The molecule has 0 amide bonds. The van der Waals surface area contributed by atoms with E-state index in [1.54, 1.807) is 6.20 Å². The summed E-state index contributed by atoms with van der Waals surface area (Å²) in [4.78, 5) is 4.12. The van der Waals surface area contributed by atoms with Crippen molar-refractivity contribution in [3.63, 3.8) is 0 Å². The third kappa shape index (κ3) is 2.06. The SMILES string of the molecule is Cc1ccc(CN)cc1Oc1nccn1C. The quantitative estimate of drug-likeness (QED) is 0.855. The summed E-state index contributed by atoms with van der Waals surface area (Å²) >= 11 is 0. The average molecular weight is 217 g/mol. The second kappa shape index (κ2) is 4.37. The second-order valence-electron chi connectivity index (χ2n) is 3.73. The zero-order valence-electron chi connectivity index (χ0n) is 9.47. The first-order chi connectivity index (χ1) is 7.70. The Morgan fingerprint density at radius 1 is 1.44 bits per heavy atom. The Labute approximate surface area is 94.7 Å². The van der Waals surface area contributed by atoms with Gasteiger partial charge in [-0.1, -0.05) is 12.1 Å². The molecule has 4 nitrogen and oxygen atoms in total. The van der Waals surface area contributed by atoms with Gasteiger partial charge in [0.05, 0.1) is 0 Å². The molecule has 16 heavy (non-hydrogen) atoms. The van der Waals surface area contributed by atoms with Crippen LogP contribution in [0.4, 0.5) is 0 Å². The maximum atomic E-state index is 5.72. The van der Waals surface area contributed by atoms with Crippen molar-refractivity contribution in [1.29, 1.82) is 0 Å². The second-order valence-corrected chi connectivity index (χ2v) is 3.73. The Balaban J connectivity index is 2.30. The van der Waals surface area contributed by atoms with Gasteiger partial charge in [0.2, 0.25) is 0 Å². The lowest BCUT2D eigenvalue weighted by Crippen LogP contribution is -1.99. The first kappa shape index (κ1) is 10.7. The molecule has 0 atom stereocenters. The maximum Gasteiger partial charge on any atom is 0.301 e. The number of ether oxygens (including phenoxy) is 1. The number of imidazole rings is 1. The summed E-state index contributed by atoms with van der Waals surface area (Å²) in [7, 11) is 1.89. The third-order valence-corrected chi connectivity index (χ3v) is 2.47. The molecule has 0 bridgehead atoms. The van der Waals surface area contributed by atoms with Crippen LogP contribution in [0, 0.1) is 6.92 Å². The van der Waals surface area contributed by atoms with Crippen LogP contribution in [0.25, 0.3) is 0 Å². The fourth-order valence-electron chi connectivity index (χ4n) is 1.43. The van der Waals surface area contributed by atoms with Crippen molar-refractivity contribution in [1.82, 2.24) is 9.55 Å². The highest BCUT2D eigenvalue weighted by Crippen LogP contribution is 2.24. The van der Waals surface area contributed by atoms with Crippen LogP contribution >= 0.6 is 0 Å². The molecule has 84 valence electrons. The number of hydrogen-bond donors (Lipinski definition) is 1. The van der Waals surface area contributed by atoms with Crippen LogP contribution < -0.4 is 10.5 Å². The summed E-state index contributed by atoms with van der Waals surface area (Å²) < 4.78 is 7.55. The fourth-order valence-corrected chi connectivity index (χ4v) is 1.43. The summed E-state index contributed by atoms with van der Waals surface area (Å²) in [5, 5.41) is 0. The first-order valence-electron chi connectivity index (χ1n) is 5.15. The third-order valence-electron chi connectivity index (χ3n) is 2.47. The molecule has 2 rings (SSSR count). The van der Waals surface area contributed by atoms with Crippen LogP contribution in [-0.4, -0.2) is 9.55 Å². The molecule has 0 aliphatic heterocycles. The van der Waals surface area contributed by atoms with E-state index in [1.165, 1.54) is 0 Å². The molecule has 0 spiro atoms. The topological polar surface area (TPSA) is 53.1 Å². The Bertz CT molecular complexity index is 491. The largest absolute Gasteiger partial charge is 0.425 e. The maximum absolute atomic E-state index is 5.72. The van der Waals surface area contributed by atoms with Crippen LogP contribution in [0.1, 0.15) is 11.1 Å². The Morgan fingerprint density at radius 3 is 2.88 bits per heavy atom. The number of rotatable bonds is 3. The number of aryl methyl sites for hydroxylation is 2. The molecule has 0 saturated carbocycles. The lowest BCUT2D eigenvalue weighted by atomic mass is 10.1. The van der Waals surface area contributed by atoms with Gasteiger partial charge in [0.25, 0.3) is 0 Å². The van der Waals surface area contributed by atoms with E-state index in [-0.39, 0.29) is 0 Å². The van der Waals surface area contributed by atoms with Crippen LogP contribution in [0.5, 0.6) is 11.8 Å². The van der Waals surface area contributed by atoms with Gasteiger partial charge in [-0.2, -0.15) is 0 Å². The summed E-state index contributed by atoms with van der Waals surface area (Å²) in [6.45, 7) is 2.51. The van der Waals surface area contributed by atoms with Crippen LogP contribution in [0.2, 0.25) is 0 Å². The monoisotopic (exact) mass is 217 g/mol. The van der Waals surface area contributed by atoms with Crippen molar-refractivity contribution in [3.05, 3.63) is 41.7 Å². The van der Waals surface area contributed by atoms with E-state index in [9.17, 15) is 0 Å². The Kier molecular flexibility index (Phi) is 2.92. The van der Waals surface area contributed by atoms with Gasteiger partial charge in [0.15, 0.2) is 0 Å². The zero-order valence-corrected chi connectivity index (χ0v) is 9.47. The van der Waals surface area contributed by atoms with Crippen molar-refractivity contribution in [3.8, 4) is 11.8 Å². The number of aromatic nitrogens is 2. The molecule has 0 unspecified atom stereocenters. The molecule has 0 fully saturated rings. The van der Waals surface area contributed by atoms with E-state index in [0.717, 1.165) is 16.9 Å². The van der Waals surface area contributed by atoms with E-state index in [2.05, 4.69) is 4.98 Å². The molecule has 0 aliphatic carbocycles. The molecule has 2 aromatic rings. The van der Waals surface area contributed by atoms with Gasteiger partial charge in [-0.05, 0) is 24.1 Å². The van der Waals surface area contributed by atoms with E-state index < -0.39 is 0 Å². The lowest BCUT2D eigenvalue weighted by molar-refractivity contribution is 0.421. The molecule has 4 heteroatoms. The average Bonchev–Trinajstić information content (AvgIpc) is 2.68. The molecule has 1 aromatic heterocycles. The van der Waals surface area contributed by atoms with Gasteiger partial charge in [-0.25, -0.2) is 4.98 Å². The number of hydrogen-bond acceptors (Lipinski definition) is 3. The Hall–Kier alpha value is -1.81. The van der Waals surface area contributed by atoms with Gasteiger partial charge in [0, 0.05) is 26.0 Å². The van der Waals surface area contributed by atoms with Crippen molar-refractivity contribution < 1.29 is 4.74 Å². The smallest absolute Gasteiger partial charge is 0.301 e. The van der Waals surface area contributed by atoms with E-state index in [0.29, 0.717) is 12.6 Å². The number of nitrogens with zero attached hydrogens (tertiary/aromatic N) is 2. The standard InChI is InChI=1S/C12H15N3O/c1-9-3-4-10(8-13)7-11(9)16-12-14-5-6-15(12)2/h3-7H,8,13H2,1-2H3. The van der Waals surface area contributed by atoms with Gasteiger partial charge in [0.1, 0.15) is 5.75 Å². The number of nitrogens with two attached hydrogens (primary N) is 1. The van der Waals surface area contributed by atoms with Crippen molar-refractivity contribution >= 4 is 0 Å². The van der Waals surface area contributed by atoms with Crippen molar-refractivity contribution in [2.24, 2.45) is 12.8 Å². The molecule has 0 radical (unpaired) electrons. The summed E-state index contributed by atoms with van der Waals surface area (Å²) in [6.07, 6.45) is 3.55. The van der Waals surface area contributed by atoms with Crippen LogP contribution in [0.3, 0.4) is 0 Å². The highest BCUT2D eigenvalue weighted by molar-refractivity contribution is 5.38. The minimum absolute atomic E-state index is 0.511. The molecule has 0 saturated heterocycles. The molecule has 1 heterocycles. The van der Waals surface area contributed by atoms with Gasteiger partial charge in [-0.15, -0.1) is 0 Å². The van der Waals surface area contributed by atoms with Crippen LogP contribution in [-0.2, 0) is 13.6 Å².